The maximum absolute atomic E-state index is 13.9. The van der Waals surface area contributed by atoms with Crippen molar-refractivity contribution in [1.82, 2.24) is 20.9 Å². The average Bonchev–Trinajstić information content (AvgIpc) is 3.23. The van der Waals surface area contributed by atoms with Gasteiger partial charge in [0, 0.05) is 6.54 Å². The van der Waals surface area contributed by atoms with E-state index in [1.54, 1.807) is 41.5 Å². The molecule has 238 valence electrons. The van der Waals surface area contributed by atoms with Crippen molar-refractivity contribution in [2.45, 2.75) is 124 Å². The number of hydrogen-bond donors (Lipinski definition) is 5. The third kappa shape index (κ3) is 9.69. The molecule has 0 aromatic heterocycles. The summed E-state index contributed by atoms with van der Waals surface area (Å²) in [5.41, 5.74) is 3.70. The number of amides is 5. The van der Waals surface area contributed by atoms with E-state index in [1.165, 1.54) is 24.2 Å². The molecule has 0 spiro atoms. The van der Waals surface area contributed by atoms with Crippen LogP contribution in [0.2, 0.25) is 0 Å². The molecule has 2 rings (SSSR count). The molecule has 5 atom stereocenters. The molecule has 1 saturated carbocycles. The highest BCUT2D eigenvalue weighted by Gasteiger charge is 2.45. The molecule has 0 aromatic rings. The van der Waals surface area contributed by atoms with Crippen LogP contribution >= 0.6 is 0 Å². The van der Waals surface area contributed by atoms with E-state index in [0.717, 1.165) is 12.8 Å². The molecule has 0 bridgehead atoms. The summed E-state index contributed by atoms with van der Waals surface area (Å²) in [5, 5.41) is 17.4. The number of unbranched alkanes of at least 4 members (excludes halogenated alkanes) is 1. The number of carbonyl (C=O) groups is 6. The molecular formula is C30H51N5O7. The van der Waals surface area contributed by atoms with Crippen LogP contribution in [0.25, 0.3) is 0 Å². The fourth-order valence-corrected chi connectivity index (χ4v) is 5.58. The number of likely N-dealkylation sites (tertiary alicyclic amines) is 1. The van der Waals surface area contributed by atoms with Crippen molar-refractivity contribution in [3.05, 3.63) is 0 Å². The molecule has 2 unspecified atom stereocenters. The number of urea groups is 1. The van der Waals surface area contributed by atoms with Gasteiger partial charge in [0.15, 0.2) is 0 Å². The molecule has 12 heteroatoms. The lowest BCUT2D eigenvalue weighted by molar-refractivity contribution is -0.143. The van der Waals surface area contributed by atoms with Crippen LogP contribution in [0.4, 0.5) is 4.79 Å². The quantitative estimate of drug-likeness (QED) is 0.160. The van der Waals surface area contributed by atoms with E-state index in [0.29, 0.717) is 18.8 Å². The average molecular weight is 594 g/mol. The predicted octanol–water partition coefficient (Wildman–Crippen LogP) is 2.34. The van der Waals surface area contributed by atoms with Crippen molar-refractivity contribution in [2.75, 3.05) is 6.54 Å². The van der Waals surface area contributed by atoms with Gasteiger partial charge in [0.2, 0.25) is 17.6 Å². The summed E-state index contributed by atoms with van der Waals surface area (Å²) in [6, 6.07) is -5.08. The summed E-state index contributed by atoms with van der Waals surface area (Å²) < 4.78 is 0. The number of carboxylic acid groups (broad SMARTS) is 1. The minimum Gasteiger partial charge on any atom is -0.480 e. The number of primary amides is 1. The zero-order chi connectivity index (χ0) is 32.0. The van der Waals surface area contributed by atoms with Crippen molar-refractivity contribution in [3.8, 4) is 0 Å². The number of Topliss-reactive ketones (excluding diaryl/α,β-unsaturated/α-hetero) is 1. The summed E-state index contributed by atoms with van der Waals surface area (Å²) in [6.07, 6.45) is 6.88. The Labute approximate surface area is 249 Å². The Morgan fingerprint density at radius 2 is 1.48 bits per heavy atom. The van der Waals surface area contributed by atoms with Crippen molar-refractivity contribution >= 4 is 35.5 Å². The zero-order valence-corrected chi connectivity index (χ0v) is 26.2. The number of carboxylic acids is 1. The van der Waals surface area contributed by atoms with Gasteiger partial charge in [-0.1, -0.05) is 87.0 Å². The van der Waals surface area contributed by atoms with E-state index in [2.05, 4.69) is 16.0 Å². The topological polar surface area (TPSA) is 188 Å². The van der Waals surface area contributed by atoms with E-state index in [9.17, 15) is 33.9 Å². The van der Waals surface area contributed by atoms with Gasteiger partial charge in [-0.15, -0.1) is 0 Å². The van der Waals surface area contributed by atoms with Gasteiger partial charge in [-0.3, -0.25) is 19.2 Å². The smallest absolute Gasteiger partial charge is 0.326 e. The first kappa shape index (κ1) is 35.0. The van der Waals surface area contributed by atoms with Crippen molar-refractivity contribution in [2.24, 2.45) is 28.4 Å². The second kappa shape index (κ2) is 14.3. The number of nitrogens with two attached hydrogens (primary N) is 1. The van der Waals surface area contributed by atoms with Gasteiger partial charge in [0.1, 0.15) is 18.1 Å². The highest BCUT2D eigenvalue weighted by atomic mass is 16.4. The van der Waals surface area contributed by atoms with Crippen molar-refractivity contribution in [1.29, 1.82) is 0 Å². The maximum Gasteiger partial charge on any atom is 0.326 e. The summed E-state index contributed by atoms with van der Waals surface area (Å²) in [6.45, 7) is 12.5. The van der Waals surface area contributed by atoms with E-state index in [1.807, 2.05) is 6.92 Å². The Morgan fingerprint density at radius 1 is 0.905 bits per heavy atom. The summed E-state index contributed by atoms with van der Waals surface area (Å²) in [5.74, 6) is -3.57. The van der Waals surface area contributed by atoms with Crippen LogP contribution in [0, 0.1) is 22.7 Å². The van der Waals surface area contributed by atoms with Gasteiger partial charge >= 0.3 is 12.0 Å². The minimum absolute atomic E-state index is 0.0378. The molecule has 42 heavy (non-hydrogen) atoms. The molecule has 12 nitrogen and oxygen atoms in total. The third-order valence-corrected chi connectivity index (χ3v) is 8.33. The molecule has 1 heterocycles. The molecule has 0 aromatic carbocycles. The molecule has 5 amide bonds. The van der Waals surface area contributed by atoms with Crippen molar-refractivity contribution in [3.63, 3.8) is 0 Å². The first-order chi connectivity index (χ1) is 19.3. The predicted molar refractivity (Wildman–Crippen MR) is 157 cm³/mol. The van der Waals surface area contributed by atoms with Gasteiger partial charge in [-0.25, -0.2) is 9.59 Å². The van der Waals surface area contributed by atoms with Crippen LogP contribution in [0.15, 0.2) is 0 Å². The monoisotopic (exact) mass is 593 g/mol. The Hall–Kier alpha value is -3.18. The fraction of sp³-hybridized carbons (Fsp3) is 0.800. The Kier molecular flexibility index (Phi) is 11.9. The van der Waals surface area contributed by atoms with Crippen LogP contribution in [0.1, 0.15) is 99.8 Å². The lowest BCUT2D eigenvalue weighted by atomic mass is 9.81. The third-order valence-electron chi connectivity index (χ3n) is 8.33. The van der Waals surface area contributed by atoms with E-state index >= 15 is 0 Å². The first-order valence-corrected chi connectivity index (χ1v) is 15.1. The number of aliphatic carboxylic acids is 1. The second-order valence-electron chi connectivity index (χ2n) is 14.3. The van der Waals surface area contributed by atoms with Gasteiger partial charge in [-0.2, -0.15) is 0 Å². The fourth-order valence-electron chi connectivity index (χ4n) is 5.58. The number of nitrogens with zero attached hydrogens (tertiary/aromatic N) is 1. The Morgan fingerprint density at radius 3 is 1.95 bits per heavy atom. The summed E-state index contributed by atoms with van der Waals surface area (Å²) in [4.78, 5) is 77.7. The Balaban J connectivity index is 2.17. The van der Waals surface area contributed by atoms with Crippen LogP contribution in [-0.2, 0) is 24.0 Å². The second-order valence-corrected chi connectivity index (χ2v) is 14.3. The standard InChI is InChI=1S/C30H51N5O7/c1-17-15-20(25(38)32-19(21(36)24(31)37)14-9-8-11-18-12-10-13-18)35(16-17)26(39)22(29(2,3)4)33-28(42)34-23(27(40)41)30(5,6)7/h17-20,22-23H,8-16H2,1-7H3,(H2,31,37)(H,32,38)(H,40,41)(H2,33,34,42)/t17-,19?,20+,22-,23?/m1/s1. The van der Waals surface area contributed by atoms with Crippen LogP contribution in [0.5, 0.6) is 0 Å². The molecular weight excluding hydrogens is 542 g/mol. The number of hydrogen-bond acceptors (Lipinski definition) is 6. The SMILES string of the molecule is C[C@@H]1C[C@@H](C(=O)NC(CCCCC2CCC2)C(=O)C(N)=O)N(C(=O)[C@@H](NC(=O)NC(C(=O)O)C(C)(C)C)C(C)(C)C)C1. The van der Waals surface area contributed by atoms with E-state index in [4.69, 9.17) is 5.73 Å². The molecule has 6 N–H and O–H groups in total. The molecule has 0 radical (unpaired) electrons. The molecule has 2 aliphatic rings. The number of carbonyl (C=O) groups excluding carboxylic acids is 5. The normalized spacial score (nSPS) is 21.5. The van der Waals surface area contributed by atoms with Crippen molar-refractivity contribution < 1.29 is 33.9 Å². The van der Waals surface area contributed by atoms with Gasteiger partial charge in [0.05, 0.1) is 6.04 Å². The maximum atomic E-state index is 13.9. The molecule has 1 aliphatic heterocycles. The minimum atomic E-state index is -1.20. The zero-order valence-electron chi connectivity index (χ0n) is 26.2. The highest BCUT2D eigenvalue weighted by molar-refractivity contribution is 6.37. The van der Waals surface area contributed by atoms with Crippen LogP contribution < -0.4 is 21.7 Å². The lowest BCUT2D eigenvalue weighted by Crippen LogP contribution is -2.61. The van der Waals surface area contributed by atoms with E-state index < -0.39 is 70.5 Å². The van der Waals surface area contributed by atoms with Gasteiger partial charge in [0.25, 0.3) is 5.91 Å². The molecule has 2 fully saturated rings. The highest BCUT2D eigenvalue weighted by Crippen LogP contribution is 2.31. The number of ketones is 1. The molecule has 1 aliphatic carbocycles. The van der Waals surface area contributed by atoms with E-state index in [-0.39, 0.29) is 18.9 Å². The summed E-state index contributed by atoms with van der Waals surface area (Å²) >= 11 is 0. The lowest BCUT2D eigenvalue weighted by Gasteiger charge is -2.36. The number of nitrogens with one attached hydrogen (secondary N) is 3. The van der Waals surface area contributed by atoms with Gasteiger partial charge in [-0.05, 0) is 35.5 Å². The van der Waals surface area contributed by atoms with Gasteiger partial charge < -0.3 is 31.7 Å². The van der Waals surface area contributed by atoms with Crippen LogP contribution in [-0.4, -0.2) is 76.2 Å². The number of rotatable bonds is 13. The Bertz CT molecular complexity index is 1030. The van der Waals surface area contributed by atoms with Crippen LogP contribution in [0.3, 0.4) is 0 Å². The largest absolute Gasteiger partial charge is 0.480 e. The molecule has 1 saturated heterocycles. The first-order valence-electron chi connectivity index (χ1n) is 15.1. The summed E-state index contributed by atoms with van der Waals surface area (Å²) in [7, 11) is 0.